The molecular formula is C31H40N2O. The number of aromatic hydroxyl groups is 1. The molecule has 0 spiro atoms. The summed E-state index contributed by atoms with van der Waals surface area (Å²) in [6.07, 6.45) is 5.59. The number of rotatable bonds is 8. The molecule has 0 unspecified atom stereocenters. The van der Waals surface area contributed by atoms with Crippen LogP contribution in [-0.4, -0.2) is 29.6 Å². The van der Waals surface area contributed by atoms with Crippen molar-refractivity contribution in [2.75, 3.05) is 18.5 Å². The van der Waals surface area contributed by atoms with Gasteiger partial charge in [-0.1, -0.05) is 55.5 Å². The van der Waals surface area contributed by atoms with Gasteiger partial charge in [0.25, 0.3) is 0 Å². The summed E-state index contributed by atoms with van der Waals surface area (Å²) in [4.78, 5) is 5.17. The van der Waals surface area contributed by atoms with E-state index in [2.05, 4.69) is 92.2 Å². The van der Waals surface area contributed by atoms with Crippen molar-refractivity contribution in [1.29, 1.82) is 0 Å². The minimum Gasteiger partial charge on any atom is -0.508 e. The van der Waals surface area contributed by atoms with Gasteiger partial charge >= 0.3 is 0 Å². The Labute approximate surface area is 206 Å². The van der Waals surface area contributed by atoms with Crippen molar-refractivity contribution in [3.63, 3.8) is 0 Å². The lowest BCUT2D eigenvalue weighted by atomic mass is 9.73. The lowest BCUT2D eigenvalue weighted by Crippen LogP contribution is -2.50. The number of hydrogen-bond donors (Lipinski definition) is 1. The molecule has 0 amide bonds. The number of nitrogens with zero attached hydrogens (tertiary/aromatic N) is 2. The van der Waals surface area contributed by atoms with Gasteiger partial charge in [0.05, 0.1) is 0 Å². The Balaban J connectivity index is 1.60. The van der Waals surface area contributed by atoms with Crippen molar-refractivity contribution in [2.45, 2.75) is 71.0 Å². The van der Waals surface area contributed by atoms with E-state index in [0.717, 1.165) is 45.2 Å². The Bertz CT molecular complexity index is 1070. The number of benzene rings is 3. The van der Waals surface area contributed by atoms with Crippen LogP contribution in [0.25, 0.3) is 0 Å². The fourth-order valence-electron chi connectivity index (χ4n) is 5.75. The molecule has 0 aliphatic heterocycles. The lowest BCUT2D eigenvalue weighted by Gasteiger charge is -2.49. The fourth-order valence-corrected chi connectivity index (χ4v) is 5.75. The highest BCUT2D eigenvalue weighted by atomic mass is 16.3. The molecule has 1 fully saturated rings. The van der Waals surface area contributed by atoms with E-state index in [-0.39, 0.29) is 5.54 Å². The summed E-state index contributed by atoms with van der Waals surface area (Å²) in [6.45, 7) is 8.68. The zero-order valence-electron chi connectivity index (χ0n) is 21.3. The van der Waals surface area contributed by atoms with Gasteiger partial charge in [0, 0.05) is 30.4 Å². The van der Waals surface area contributed by atoms with Crippen molar-refractivity contribution >= 4 is 5.69 Å². The predicted octanol–water partition coefficient (Wildman–Crippen LogP) is 7.20. The first-order valence-electron chi connectivity index (χ1n) is 12.8. The normalized spacial score (nSPS) is 20.4. The molecule has 1 aliphatic rings. The van der Waals surface area contributed by atoms with E-state index in [1.165, 1.54) is 27.9 Å². The number of anilines is 1. The molecule has 1 saturated carbocycles. The molecule has 0 heterocycles. The van der Waals surface area contributed by atoms with E-state index < -0.39 is 0 Å². The number of aryl methyl sites for hydroxylation is 2. The van der Waals surface area contributed by atoms with Gasteiger partial charge in [-0.2, -0.15) is 0 Å². The first kappa shape index (κ1) is 24.3. The molecule has 34 heavy (non-hydrogen) atoms. The molecule has 1 aliphatic carbocycles. The van der Waals surface area contributed by atoms with Gasteiger partial charge in [-0.15, -0.1) is 0 Å². The van der Waals surface area contributed by atoms with Crippen LogP contribution in [0, 0.1) is 13.8 Å². The SMILES string of the molecule is CCCN(c1ccc(C)c(C)c1)C1CCC(c2cccc(O)c2)(N(C)Cc2ccccc2)CC1. The summed E-state index contributed by atoms with van der Waals surface area (Å²) in [7, 11) is 2.25. The van der Waals surface area contributed by atoms with Crippen LogP contribution in [0.15, 0.2) is 72.8 Å². The molecule has 3 aromatic rings. The molecule has 3 aromatic carbocycles. The zero-order valence-corrected chi connectivity index (χ0v) is 21.3. The van der Waals surface area contributed by atoms with Crippen LogP contribution in [0.2, 0.25) is 0 Å². The minimum absolute atomic E-state index is 0.0772. The van der Waals surface area contributed by atoms with E-state index in [1.54, 1.807) is 6.07 Å². The van der Waals surface area contributed by atoms with Crippen molar-refractivity contribution in [3.05, 3.63) is 95.1 Å². The van der Waals surface area contributed by atoms with Gasteiger partial charge in [-0.05, 0) is 99.5 Å². The Morgan fingerprint density at radius 1 is 0.882 bits per heavy atom. The van der Waals surface area contributed by atoms with Gasteiger partial charge in [-0.3, -0.25) is 4.90 Å². The van der Waals surface area contributed by atoms with Crippen molar-refractivity contribution < 1.29 is 5.11 Å². The average Bonchev–Trinajstić information content (AvgIpc) is 2.85. The van der Waals surface area contributed by atoms with E-state index >= 15 is 0 Å². The Morgan fingerprint density at radius 2 is 1.62 bits per heavy atom. The standard InChI is InChI=1S/C31H40N2O/c1-5-20-33(29-15-14-24(2)25(3)21-29)28-16-18-31(19-17-28,27-12-9-13-30(34)22-27)32(4)23-26-10-7-6-8-11-26/h6-15,21-22,28,34H,5,16-20,23H2,1-4H3. The maximum absolute atomic E-state index is 10.3. The highest BCUT2D eigenvalue weighted by Gasteiger charge is 2.41. The number of phenolic OH excluding ortho intramolecular Hbond substituents is 1. The Hall–Kier alpha value is -2.78. The van der Waals surface area contributed by atoms with E-state index in [9.17, 15) is 5.11 Å². The van der Waals surface area contributed by atoms with Crippen LogP contribution < -0.4 is 4.90 Å². The summed E-state index contributed by atoms with van der Waals surface area (Å²) in [5.41, 5.74) is 6.57. The van der Waals surface area contributed by atoms with Gasteiger partial charge in [0.15, 0.2) is 0 Å². The van der Waals surface area contributed by atoms with Crippen LogP contribution in [0.4, 0.5) is 5.69 Å². The van der Waals surface area contributed by atoms with E-state index in [1.807, 2.05) is 12.1 Å². The van der Waals surface area contributed by atoms with Crippen LogP contribution in [0.3, 0.4) is 0 Å². The Kier molecular flexibility index (Phi) is 7.63. The maximum atomic E-state index is 10.3. The highest BCUT2D eigenvalue weighted by molar-refractivity contribution is 5.51. The Morgan fingerprint density at radius 3 is 2.26 bits per heavy atom. The van der Waals surface area contributed by atoms with E-state index in [0.29, 0.717) is 11.8 Å². The predicted molar refractivity (Wildman–Crippen MR) is 144 cm³/mol. The summed E-state index contributed by atoms with van der Waals surface area (Å²) in [5.74, 6) is 0.356. The smallest absolute Gasteiger partial charge is 0.115 e. The molecule has 0 atom stereocenters. The fraction of sp³-hybridized carbons (Fsp3) is 0.419. The topological polar surface area (TPSA) is 26.7 Å². The van der Waals surface area contributed by atoms with E-state index in [4.69, 9.17) is 0 Å². The summed E-state index contributed by atoms with van der Waals surface area (Å²) >= 11 is 0. The third-order valence-electron chi connectivity index (χ3n) is 7.89. The van der Waals surface area contributed by atoms with Crippen LogP contribution >= 0.6 is 0 Å². The van der Waals surface area contributed by atoms with Crippen LogP contribution in [0.5, 0.6) is 5.75 Å². The third kappa shape index (κ3) is 5.15. The summed E-state index contributed by atoms with van der Waals surface area (Å²) in [6, 6.07) is 26.2. The first-order valence-corrected chi connectivity index (χ1v) is 12.8. The molecule has 3 heteroatoms. The summed E-state index contributed by atoms with van der Waals surface area (Å²) in [5, 5.41) is 10.3. The average molecular weight is 457 g/mol. The van der Waals surface area contributed by atoms with Gasteiger partial charge in [-0.25, -0.2) is 0 Å². The third-order valence-corrected chi connectivity index (χ3v) is 7.89. The molecule has 0 aromatic heterocycles. The second-order valence-corrected chi connectivity index (χ2v) is 10.1. The lowest BCUT2D eigenvalue weighted by molar-refractivity contribution is 0.0586. The van der Waals surface area contributed by atoms with Gasteiger partial charge < -0.3 is 10.0 Å². The van der Waals surface area contributed by atoms with Gasteiger partial charge in [0.2, 0.25) is 0 Å². The second-order valence-electron chi connectivity index (χ2n) is 10.1. The quantitative estimate of drug-likeness (QED) is 0.388. The van der Waals surface area contributed by atoms with Crippen LogP contribution in [0.1, 0.15) is 61.3 Å². The number of hydrogen-bond acceptors (Lipinski definition) is 3. The maximum Gasteiger partial charge on any atom is 0.115 e. The van der Waals surface area contributed by atoms with Crippen molar-refractivity contribution in [2.24, 2.45) is 0 Å². The van der Waals surface area contributed by atoms with Crippen molar-refractivity contribution in [3.8, 4) is 5.75 Å². The molecule has 1 N–H and O–H groups in total. The van der Waals surface area contributed by atoms with Crippen molar-refractivity contribution in [1.82, 2.24) is 4.90 Å². The molecule has 180 valence electrons. The molecule has 0 saturated heterocycles. The highest BCUT2D eigenvalue weighted by Crippen LogP contribution is 2.45. The summed E-state index contributed by atoms with van der Waals surface area (Å²) < 4.78 is 0. The number of phenols is 1. The zero-order chi connectivity index (χ0) is 24.1. The van der Waals surface area contributed by atoms with Gasteiger partial charge in [0.1, 0.15) is 5.75 Å². The first-order chi connectivity index (χ1) is 16.4. The minimum atomic E-state index is -0.0772. The second kappa shape index (κ2) is 10.7. The molecule has 3 nitrogen and oxygen atoms in total. The molecule has 4 rings (SSSR count). The van der Waals surface area contributed by atoms with Crippen LogP contribution in [-0.2, 0) is 12.1 Å². The largest absolute Gasteiger partial charge is 0.508 e. The monoisotopic (exact) mass is 456 g/mol. The molecular weight excluding hydrogens is 416 g/mol. The molecule has 0 bridgehead atoms. The molecule has 0 radical (unpaired) electrons.